The molecule has 2 rings (SSSR count). The fourth-order valence-electron chi connectivity index (χ4n) is 1.60. The van der Waals surface area contributed by atoms with Gasteiger partial charge in [-0.2, -0.15) is 0 Å². The quantitative estimate of drug-likeness (QED) is 0.799. The second-order valence-corrected chi connectivity index (χ2v) is 4.90. The zero-order chi connectivity index (χ0) is 13.7. The van der Waals surface area contributed by atoms with Gasteiger partial charge < -0.3 is 9.67 Å². The SMILES string of the molecule is Cn1c(CCc2ccccn2)nnc1SCC(=O)O. The van der Waals surface area contributed by atoms with Crippen molar-refractivity contribution in [2.75, 3.05) is 5.75 Å². The first-order valence-corrected chi connectivity index (χ1v) is 6.78. The van der Waals surface area contributed by atoms with Gasteiger partial charge in [-0.25, -0.2) is 0 Å². The van der Waals surface area contributed by atoms with E-state index in [9.17, 15) is 4.79 Å². The molecule has 0 aliphatic carbocycles. The molecule has 7 heteroatoms. The molecule has 0 atom stereocenters. The molecule has 0 aliphatic heterocycles. The number of carbonyl (C=O) groups is 1. The Morgan fingerprint density at radius 1 is 1.37 bits per heavy atom. The van der Waals surface area contributed by atoms with Crippen molar-refractivity contribution >= 4 is 17.7 Å². The molecular weight excluding hydrogens is 264 g/mol. The minimum Gasteiger partial charge on any atom is -0.481 e. The van der Waals surface area contributed by atoms with E-state index in [1.165, 1.54) is 11.8 Å². The van der Waals surface area contributed by atoms with Crippen LogP contribution in [0.3, 0.4) is 0 Å². The van der Waals surface area contributed by atoms with Gasteiger partial charge in [-0.1, -0.05) is 17.8 Å². The predicted molar refractivity (Wildman–Crippen MR) is 71.0 cm³/mol. The van der Waals surface area contributed by atoms with Gasteiger partial charge in [-0.15, -0.1) is 10.2 Å². The number of nitrogens with zero attached hydrogens (tertiary/aromatic N) is 4. The molecule has 2 aromatic rings. The largest absolute Gasteiger partial charge is 0.481 e. The first-order chi connectivity index (χ1) is 9.16. The van der Waals surface area contributed by atoms with Crippen LogP contribution in [0.5, 0.6) is 0 Å². The number of pyridine rings is 1. The van der Waals surface area contributed by atoms with Crippen LogP contribution >= 0.6 is 11.8 Å². The van der Waals surface area contributed by atoms with E-state index in [1.54, 1.807) is 6.20 Å². The van der Waals surface area contributed by atoms with Crippen LogP contribution in [0.4, 0.5) is 0 Å². The number of hydrogen-bond acceptors (Lipinski definition) is 5. The highest BCUT2D eigenvalue weighted by Gasteiger charge is 2.10. The molecule has 0 spiro atoms. The maximum atomic E-state index is 10.5. The Balaban J connectivity index is 1.96. The van der Waals surface area contributed by atoms with E-state index >= 15 is 0 Å². The van der Waals surface area contributed by atoms with Gasteiger partial charge >= 0.3 is 5.97 Å². The maximum absolute atomic E-state index is 10.5. The van der Waals surface area contributed by atoms with Crippen LogP contribution < -0.4 is 0 Å². The molecule has 0 aliphatic rings. The molecular formula is C12H14N4O2S. The summed E-state index contributed by atoms with van der Waals surface area (Å²) >= 11 is 1.17. The Labute approximate surface area is 114 Å². The highest BCUT2D eigenvalue weighted by atomic mass is 32.2. The average Bonchev–Trinajstić information content (AvgIpc) is 2.76. The molecule has 0 radical (unpaired) electrons. The summed E-state index contributed by atoms with van der Waals surface area (Å²) in [6, 6.07) is 5.80. The van der Waals surface area contributed by atoms with Crippen LogP contribution in [0.25, 0.3) is 0 Å². The van der Waals surface area contributed by atoms with Gasteiger partial charge in [0.2, 0.25) is 0 Å². The van der Waals surface area contributed by atoms with E-state index in [2.05, 4.69) is 15.2 Å². The van der Waals surface area contributed by atoms with Crippen LogP contribution in [0, 0.1) is 0 Å². The molecule has 0 unspecified atom stereocenters. The van der Waals surface area contributed by atoms with Gasteiger partial charge in [0.05, 0.1) is 5.75 Å². The molecule has 1 N–H and O–H groups in total. The second kappa shape index (κ2) is 6.33. The number of thioether (sulfide) groups is 1. The smallest absolute Gasteiger partial charge is 0.313 e. The molecule has 100 valence electrons. The van der Waals surface area contributed by atoms with E-state index < -0.39 is 5.97 Å². The number of hydrogen-bond donors (Lipinski definition) is 1. The van der Waals surface area contributed by atoms with E-state index in [-0.39, 0.29) is 5.75 Å². The Kier molecular flexibility index (Phi) is 4.51. The summed E-state index contributed by atoms with van der Waals surface area (Å²) in [6.45, 7) is 0. The number of rotatable bonds is 6. The molecule has 0 aromatic carbocycles. The predicted octanol–water partition coefficient (Wildman–Crippen LogP) is 1.17. The summed E-state index contributed by atoms with van der Waals surface area (Å²) in [6.07, 6.45) is 3.28. The normalized spacial score (nSPS) is 10.6. The number of aryl methyl sites for hydroxylation is 2. The van der Waals surface area contributed by atoms with E-state index in [4.69, 9.17) is 5.11 Å². The molecule has 19 heavy (non-hydrogen) atoms. The molecule has 0 bridgehead atoms. The summed E-state index contributed by atoms with van der Waals surface area (Å²) in [5.41, 5.74) is 1.00. The summed E-state index contributed by atoms with van der Waals surface area (Å²) in [5, 5.41) is 17.3. The van der Waals surface area contributed by atoms with E-state index in [0.29, 0.717) is 5.16 Å². The first kappa shape index (κ1) is 13.5. The Morgan fingerprint density at radius 3 is 2.89 bits per heavy atom. The third-order valence-corrected chi connectivity index (χ3v) is 3.59. The van der Waals surface area contributed by atoms with Crippen molar-refractivity contribution in [3.8, 4) is 0 Å². The first-order valence-electron chi connectivity index (χ1n) is 5.79. The van der Waals surface area contributed by atoms with E-state index in [0.717, 1.165) is 24.4 Å². The zero-order valence-electron chi connectivity index (χ0n) is 10.5. The molecule has 0 amide bonds. The lowest BCUT2D eigenvalue weighted by Crippen LogP contribution is -2.04. The Morgan fingerprint density at radius 2 is 2.21 bits per heavy atom. The fraction of sp³-hybridized carbons (Fsp3) is 0.333. The van der Waals surface area contributed by atoms with Gasteiger partial charge in [0.15, 0.2) is 5.16 Å². The van der Waals surface area contributed by atoms with Gasteiger partial charge in [0.25, 0.3) is 0 Å². The van der Waals surface area contributed by atoms with Crippen molar-refractivity contribution in [3.63, 3.8) is 0 Å². The van der Waals surface area contributed by atoms with Gasteiger partial charge in [0, 0.05) is 25.4 Å². The van der Waals surface area contributed by atoms with Crippen molar-refractivity contribution in [1.29, 1.82) is 0 Å². The summed E-state index contributed by atoms with van der Waals surface area (Å²) in [5.74, 6) is -0.0340. The molecule has 0 saturated heterocycles. The molecule has 0 fully saturated rings. The van der Waals surface area contributed by atoms with Crippen LogP contribution in [0.1, 0.15) is 11.5 Å². The Hall–Kier alpha value is -1.89. The van der Waals surface area contributed by atoms with E-state index in [1.807, 2.05) is 29.8 Å². The number of carboxylic acid groups (broad SMARTS) is 1. The van der Waals surface area contributed by atoms with Crippen LogP contribution in [-0.4, -0.2) is 36.6 Å². The van der Waals surface area contributed by atoms with Crippen molar-refractivity contribution in [1.82, 2.24) is 19.7 Å². The average molecular weight is 278 g/mol. The minimum atomic E-state index is -0.858. The number of aliphatic carboxylic acids is 1. The monoisotopic (exact) mass is 278 g/mol. The van der Waals surface area contributed by atoms with Gasteiger partial charge in [-0.05, 0) is 18.6 Å². The lowest BCUT2D eigenvalue weighted by molar-refractivity contribution is -0.133. The third kappa shape index (κ3) is 3.78. The number of carboxylic acids is 1. The maximum Gasteiger partial charge on any atom is 0.313 e. The molecule has 2 heterocycles. The fourth-order valence-corrected chi connectivity index (χ4v) is 2.25. The number of aromatic nitrogens is 4. The van der Waals surface area contributed by atoms with Gasteiger partial charge in [0.1, 0.15) is 5.82 Å². The molecule has 2 aromatic heterocycles. The Bertz CT molecular complexity index is 556. The highest BCUT2D eigenvalue weighted by molar-refractivity contribution is 7.99. The summed E-state index contributed by atoms with van der Waals surface area (Å²) < 4.78 is 1.83. The highest BCUT2D eigenvalue weighted by Crippen LogP contribution is 2.15. The summed E-state index contributed by atoms with van der Waals surface area (Å²) in [4.78, 5) is 14.8. The van der Waals surface area contributed by atoms with Crippen LogP contribution in [-0.2, 0) is 24.7 Å². The summed E-state index contributed by atoms with van der Waals surface area (Å²) in [7, 11) is 1.85. The zero-order valence-corrected chi connectivity index (χ0v) is 11.3. The lowest BCUT2D eigenvalue weighted by Gasteiger charge is -2.02. The van der Waals surface area contributed by atoms with Crippen LogP contribution in [0.15, 0.2) is 29.6 Å². The lowest BCUT2D eigenvalue weighted by atomic mass is 10.2. The molecule has 0 saturated carbocycles. The van der Waals surface area contributed by atoms with Gasteiger partial charge in [-0.3, -0.25) is 9.78 Å². The second-order valence-electron chi connectivity index (χ2n) is 3.96. The molecule has 6 nitrogen and oxygen atoms in total. The third-order valence-electron chi connectivity index (χ3n) is 2.58. The van der Waals surface area contributed by atoms with Crippen molar-refractivity contribution in [3.05, 3.63) is 35.9 Å². The van der Waals surface area contributed by atoms with Crippen molar-refractivity contribution < 1.29 is 9.90 Å². The van der Waals surface area contributed by atoms with Crippen LogP contribution in [0.2, 0.25) is 0 Å². The van der Waals surface area contributed by atoms with Crippen molar-refractivity contribution in [2.24, 2.45) is 7.05 Å². The van der Waals surface area contributed by atoms with Crippen molar-refractivity contribution in [2.45, 2.75) is 18.0 Å². The topological polar surface area (TPSA) is 80.9 Å². The standard InChI is InChI=1S/C12H14N4O2S/c1-16-10(6-5-9-4-2-3-7-13-9)14-15-12(16)19-8-11(17)18/h2-4,7H,5-6,8H2,1H3,(H,17,18). The minimum absolute atomic E-state index is 0.00772.